The fraction of sp³-hybridized carbons (Fsp3) is 0.571. The summed E-state index contributed by atoms with van der Waals surface area (Å²) in [5.41, 5.74) is 8.78. The van der Waals surface area contributed by atoms with Crippen LogP contribution in [0.1, 0.15) is 18.4 Å². The molecule has 19 heavy (non-hydrogen) atoms. The largest absolute Gasteiger partial charge is 0.398 e. The topological polar surface area (TPSA) is 47.7 Å². The first-order valence-electron chi connectivity index (χ1n) is 6.68. The van der Waals surface area contributed by atoms with Gasteiger partial charge in [0.15, 0.2) is 5.79 Å². The van der Waals surface area contributed by atoms with Gasteiger partial charge in [0, 0.05) is 31.6 Å². The highest BCUT2D eigenvalue weighted by Crippen LogP contribution is 2.36. The average molecular weight is 283 g/mol. The van der Waals surface area contributed by atoms with Gasteiger partial charge >= 0.3 is 0 Å². The Kier molecular flexibility index (Phi) is 3.33. The highest BCUT2D eigenvalue weighted by molar-refractivity contribution is 6.33. The molecule has 0 unspecified atom stereocenters. The molecule has 104 valence electrons. The highest BCUT2D eigenvalue weighted by Gasteiger charge is 2.39. The summed E-state index contributed by atoms with van der Waals surface area (Å²) in [5, 5.41) is 0.620. The van der Waals surface area contributed by atoms with Crippen LogP contribution in [0.15, 0.2) is 12.1 Å². The van der Waals surface area contributed by atoms with Crippen molar-refractivity contribution in [1.82, 2.24) is 0 Å². The van der Waals surface area contributed by atoms with Crippen molar-refractivity contribution >= 4 is 23.0 Å². The van der Waals surface area contributed by atoms with Crippen LogP contribution >= 0.6 is 11.6 Å². The minimum Gasteiger partial charge on any atom is -0.398 e. The molecular formula is C14H19ClN2O2. The van der Waals surface area contributed by atoms with Gasteiger partial charge in [0.2, 0.25) is 0 Å². The van der Waals surface area contributed by atoms with Crippen LogP contribution in [0, 0.1) is 6.92 Å². The lowest BCUT2D eigenvalue weighted by atomic mass is 10.0. The van der Waals surface area contributed by atoms with Gasteiger partial charge in [-0.1, -0.05) is 11.6 Å². The van der Waals surface area contributed by atoms with Gasteiger partial charge in [-0.15, -0.1) is 0 Å². The van der Waals surface area contributed by atoms with Gasteiger partial charge in [-0.05, 0) is 24.6 Å². The number of anilines is 2. The highest BCUT2D eigenvalue weighted by atomic mass is 35.5. The van der Waals surface area contributed by atoms with Gasteiger partial charge in [0.05, 0.1) is 23.9 Å². The number of aryl methyl sites for hydroxylation is 1. The number of nitrogens with zero attached hydrogens (tertiary/aromatic N) is 1. The molecule has 2 aliphatic heterocycles. The molecule has 1 spiro atoms. The zero-order valence-electron chi connectivity index (χ0n) is 11.1. The fourth-order valence-corrected chi connectivity index (χ4v) is 3.07. The lowest BCUT2D eigenvalue weighted by Crippen LogP contribution is -2.45. The van der Waals surface area contributed by atoms with E-state index in [9.17, 15) is 0 Å². The molecule has 0 aliphatic carbocycles. The first-order chi connectivity index (χ1) is 9.10. The van der Waals surface area contributed by atoms with E-state index in [0.29, 0.717) is 23.9 Å². The Labute approximate surface area is 118 Å². The van der Waals surface area contributed by atoms with Crippen molar-refractivity contribution in [3.05, 3.63) is 22.7 Å². The van der Waals surface area contributed by atoms with Gasteiger partial charge in [0.25, 0.3) is 0 Å². The Hall–Kier alpha value is -0.970. The molecule has 0 aromatic heterocycles. The zero-order valence-corrected chi connectivity index (χ0v) is 11.9. The summed E-state index contributed by atoms with van der Waals surface area (Å²) in [6.07, 6.45) is 1.79. The summed E-state index contributed by atoms with van der Waals surface area (Å²) in [6.45, 7) is 5.33. The third-order valence-electron chi connectivity index (χ3n) is 3.99. The van der Waals surface area contributed by atoms with E-state index in [0.717, 1.165) is 37.2 Å². The van der Waals surface area contributed by atoms with Gasteiger partial charge in [-0.2, -0.15) is 0 Å². The first kappa shape index (κ1) is 13.0. The summed E-state index contributed by atoms with van der Waals surface area (Å²) >= 11 is 6.12. The molecule has 1 aromatic rings. The minimum atomic E-state index is -0.331. The second kappa shape index (κ2) is 4.85. The van der Waals surface area contributed by atoms with Crippen molar-refractivity contribution in [3.8, 4) is 0 Å². The predicted molar refractivity (Wildman–Crippen MR) is 76.7 cm³/mol. The molecule has 0 atom stereocenters. The van der Waals surface area contributed by atoms with Crippen LogP contribution in [0.5, 0.6) is 0 Å². The molecule has 5 heteroatoms. The molecular weight excluding hydrogens is 264 g/mol. The van der Waals surface area contributed by atoms with Crippen LogP contribution in [-0.4, -0.2) is 32.1 Å². The second-order valence-electron chi connectivity index (χ2n) is 5.25. The zero-order chi connectivity index (χ0) is 13.5. The van der Waals surface area contributed by atoms with Crippen LogP contribution in [-0.2, 0) is 9.47 Å². The molecule has 2 heterocycles. The Bertz CT molecular complexity index is 477. The van der Waals surface area contributed by atoms with E-state index in [2.05, 4.69) is 11.8 Å². The van der Waals surface area contributed by atoms with Crippen LogP contribution in [0.3, 0.4) is 0 Å². The monoisotopic (exact) mass is 282 g/mol. The molecule has 0 saturated carbocycles. The summed E-state index contributed by atoms with van der Waals surface area (Å²) in [7, 11) is 0. The summed E-state index contributed by atoms with van der Waals surface area (Å²) in [5.74, 6) is -0.331. The summed E-state index contributed by atoms with van der Waals surface area (Å²) < 4.78 is 11.5. The number of nitrogen functional groups attached to an aromatic ring is 1. The van der Waals surface area contributed by atoms with Crippen molar-refractivity contribution in [3.63, 3.8) is 0 Å². The normalized spacial score (nSPS) is 22.1. The van der Waals surface area contributed by atoms with E-state index >= 15 is 0 Å². The molecule has 2 fully saturated rings. The number of benzene rings is 1. The van der Waals surface area contributed by atoms with Crippen molar-refractivity contribution in [2.75, 3.05) is 36.9 Å². The van der Waals surface area contributed by atoms with Crippen LogP contribution in [0.25, 0.3) is 0 Å². The van der Waals surface area contributed by atoms with Crippen LogP contribution in [0.2, 0.25) is 5.02 Å². The lowest BCUT2D eigenvalue weighted by Gasteiger charge is -2.39. The van der Waals surface area contributed by atoms with E-state index in [1.807, 2.05) is 12.1 Å². The third-order valence-corrected chi connectivity index (χ3v) is 4.32. The maximum atomic E-state index is 6.12. The maximum Gasteiger partial charge on any atom is 0.171 e. The Morgan fingerprint density at radius 3 is 2.47 bits per heavy atom. The Morgan fingerprint density at radius 1 is 1.21 bits per heavy atom. The van der Waals surface area contributed by atoms with Crippen LogP contribution in [0.4, 0.5) is 11.4 Å². The van der Waals surface area contributed by atoms with E-state index in [1.165, 1.54) is 0 Å². The van der Waals surface area contributed by atoms with Gasteiger partial charge < -0.3 is 20.1 Å². The van der Waals surface area contributed by atoms with Gasteiger partial charge in [-0.25, -0.2) is 0 Å². The van der Waals surface area contributed by atoms with Gasteiger partial charge in [0.1, 0.15) is 0 Å². The fourth-order valence-electron chi connectivity index (χ4n) is 2.91. The SMILES string of the molecule is Cc1cc(N)c(Cl)cc1N1CCC2(CC1)OCCO2. The Morgan fingerprint density at radius 2 is 1.84 bits per heavy atom. The second-order valence-corrected chi connectivity index (χ2v) is 5.66. The molecule has 3 rings (SSSR count). The number of piperidine rings is 1. The molecule has 0 amide bonds. The Balaban J connectivity index is 1.76. The first-order valence-corrected chi connectivity index (χ1v) is 7.06. The van der Waals surface area contributed by atoms with Crippen molar-refractivity contribution < 1.29 is 9.47 Å². The van der Waals surface area contributed by atoms with Crippen molar-refractivity contribution in [2.45, 2.75) is 25.6 Å². The van der Waals surface area contributed by atoms with Crippen LogP contribution < -0.4 is 10.6 Å². The molecule has 0 bridgehead atoms. The number of hydrogen-bond donors (Lipinski definition) is 1. The van der Waals surface area contributed by atoms with E-state index in [4.69, 9.17) is 26.8 Å². The third kappa shape index (κ3) is 2.40. The van der Waals surface area contributed by atoms with E-state index < -0.39 is 0 Å². The molecule has 2 N–H and O–H groups in total. The summed E-state index contributed by atoms with van der Waals surface area (Å²) in [4.78, 5) is 2.33. The number of rotatable bonds is 1. The molecule has 4 nitrogen and oxygen atoms in total. The predicted octanol–water partition coefficient (Wildman–Crippen LogP) is 2.57. The van der Waals surface area contributed by atoms with E-state index in [-0.39, 0.29) is 5.79 Å². The van der Waals surface area contributed by atoms with Crippen molar-refractivity contribution in [1.29, 1.82) is 0 Å². The number of ether oxygens (including phenoxy) is 2. The van der Waals surface area contributed by atoms with Crippen molar-refractivity contribution in [2.24, 2.45) is 0 Å². The summed E-state index contributed by atoms with van der Waals surface area (Å²) in [6, 6.07) is 3.89. The number of halogens is 1. The van der Waals surface area contributed by atoms with E-state index in [1.54, 1.807) is 0 Å². The minimum absolute atomic E-state index is 0.331. The maximum absolute atomic E-state index is 6.12. The standard InChI is InChI=1S/C14H19ClN2O2/c1-10-8-12(16)11(15)9-13(10)17-4-2-14(3-5-17)18-6-7-19-14/h8-9H,2-7,16H2,1H3. The van der Waals surface area contributed by atoms with Gasteiger partial charge in [-0.3, -0.25) is 0 Å². The molecule has 2 aliphatic rings. The average Bonchev–Trinajstić information content (AvgIpc) is 2.84. The smallest absolute Gasteiger partial charge is 0.171 e. The lowest BCUT2D eigenvalue weighted by molar-refractivity contribution is -0.169. The quantitative estimate of drug-likeness (QED) is 0.804. The number of hydrogen-bond acceptors (Lipinski definition) is 4. The molecule has 0 radical (unpaired) electrons. The molecule has 1 aromatic carbocycles. The molecule has 2 saturated heterocycles. The number of nitrogens with two attached hydrogens (primary N) is 1.